The van der Waals surface area contributed by atoms with Gasteiger partial charge >= 0.3 is 0 Å². The molecule has 2 heteroatoms. The van der Waals surface area contributed by atoms with Crippen LogP contribution in [0.25, 0.3) is 0 Å². The van der Waals surface area contributed by atoms with E-state index in [9.17, 15) is 5.11 Å². The van der Waals surface area contributed by atoms with Gasteiger partial charge < -0.3 is 10.4 Å². The molecule has 2 rings (SSSR count). The van der Waals surface area contributed by atoms with Crippen LogP contribution in [0.4, 0.5) is 0 Å². The van der Waals surface area contributed by atoms with E-state index in [1.165, 1.54) is 25.7 Å². The van der Waals surface area contributed by atoms with Crippen molar-refractivity contribution in [3.63, 3.8) is 0 Å². The summed E-state index contributed by atoms with van der Waals surface area (Å²) in [7, 11) is 0. The van der Waals surface area contributed by atoms with E-state index in [0.29, 0.717) is 11.5 Å². The van der Waals surface area contributed by atoms with E-state index in [2.05, 4.69) is 12.2 Å². The zero-order valence-electron chi connectivity index (χ0n) is 8.55. The van der Waals surface area contributed by atoms with Crippen LogP contribution >= 0.6 is 0 Å². The average molecular weight is 183 g/mol. The predicted octanol–water partition coefficient (Wildman–Crippen LogP) is 1.68. The van der Waals surface area contributed by atoms with Crippen molar-refractivity contribution >= 4 is 0 Å². The SMILES string of the molecule is CC1(CNC2CCCCC2O)CC1. The molecule has 0 radical (unpaired) electrons. The maximum Gasteiger partial charge on any atom is 0.0693 e. The van der Waals surface area contributed by atoms with Crippen LogP contribution < -0.4 is 5.32 Å². The van der Waals surface area contributed by atoms with Crippen molar-refractivity contribution in [2.75, 3.05) is 6.54 Å². The summed E-state index contributed by atoms with van der Waals surface area (Å²) in [6.07, 6.45) is 7.29. The quantitative estimate of drug-likeness (QED) is 0.697. The number of nitrogens with one attached hydrogen (secondary N) is 1. The van der Waals surface area contributed by atoms with Gasteiger partial charge in [0.05, 0.1) is 6.10 Å². The van der Waals surface area contributed by atoms with Gasteiger partial charge in [0, 0.05) is 12.6 Å². The van der Waals surface area contributed by atoms with Gasteiger partial charge in [0.1, 0.15) is 0 Å². The fourth-order valence-corrected chi connectivity index (χ4v) is 2.12. The lowest BCUT2D eigenvalue weighted by Gasteiger charge is -2.29. The molecule has 13 heavy (non-hydrogen) atoms. The Morgan fingerprint density at radius 3 is 2.62 bits per heavy atom. The van der Waals surface area contributed by atoms with Crippen LogP contribution in [0.15, 0.2) is 0 Å². The van der Waals surface area contributed by atoms with Crippen molar-refractivity contribution in [3.8, 4) is 0 Å². The number of hydrogen-bond acceptors (Lipinski definition) is 2. The van der Waals surface area contributed by atoms with Crippen molar-refractivity contribution in [2.24, 2.45) is 5.41 Å². The smallest absolute Gasteiger partial charge is 0.0693 e. The fraction of sp³-hybridized carbons (Fsp3) is 1.00. The number of aliphatic hydroxyl groups excluding tert-OH is 1. The van der Waals surface area contributed by atoms with Crippen LogP contribution in [0, 0.1) is 5.41 Å². The van der Waals surface area contributed by atoms with Gasteiger partial charge in [-0.15, -0.1) is 0 Å². The Bertz CT molecular complexity index is 177. The van der Waals surface area contributed by atoms with E-state index >= 15 is 0 Å². The van der Waals surface area contributed by atoms with E-state index in [0.717, 1.165) is 19.4 Å². The number of hydrogen-bond donors (Lipinski definition) is 2. The van der Waals surface area contributed by atoms with Crippen LogP contribution in [0.3, 0.4) is 0 Å². The van der Waals surface area contributed by atoms with Gasteiger partial charge in [-0.3, -0.25) is 0 Å². The first-order valence-corrected chi connectivity index (χ1v) is 5.61. The summed E-state index contributed by atoms with van der Waals surface area (Å²) in [6, 6.07) is 0.381. The van der Waals surface area contributed by atoms with Crippen molar-refractivity contribution in [3.05, 3.63) is 0 Å². The number of rotatable bonds is 3. The minimum absolute atomic E-state index is 0.0869. The zero-order chi connectivity index (χ0) is 9.31. The zero-order valence-corrected chi connectivity index (χ0v) is 8.55. The molecular weight excluding hydrogens is 162 g/mol. The molecule has 2 fully saturated rings. The van der Waals surface area contributed by atoms with E-state index in [1.54, 1.807) is 0 Å². The number of aliphatic hydroxyl groups is 1. The first kappa shape index (κ1) is 9.47. The largest absolute Gasteiger partial charge is 0.392 e. The molecule has 2 aliphatic carbocycles. The molecule has 0 aromatic rings. The molecule has 2 nitrogen and oxygen atoms in total. The lowest BCUT2D eigenvalue weighted by Crippen LogP contribution is -2.44. The van der Waals surface area contributed by atoms with Gasteiger partial charge in [0.2, 0.25) is 0 Å². The van der Waals surface area contributed by atoms with Crippen molar-refractivity contribution < 1.29 is 5.11 Å². The first-order chi connectivity index (χ1) is 6.20. The molecule has 2 N–H and O–H groups in total. The van der Waals surface area contributed by atoms with E-state index in [1.807, 2.05) is 0 Å². The Labute approximate surface area is 80.7 Å². The average Bonchev–Trinajstić information content (AvgIpc) is 2.83. The molecule has 0 heterocycles. The summed E-state index contributed by atoms with van der Waals surface area (Å²) in [6.45, 7) is 3.43. The lowest BCUT2D eigenvalue weighted by molar-refractivity contribution is 0.0886. The topological polar surface area (TPSA) is 32.3 Å². The highest BCUT2D eigenvalue weighted by atomic mass is 16.3. The fourth-order valence-electron chi connectivity index (χ4n) is 2.12. The van der Waals surface area contributed by atoms with Gasteiger partial charge in [-0.2, -0.15) is 0 Å². The summed E-state index contributed by atoms with van der Waals surface area (Å²) in [4.78, 5) is 0. The second-order valence-electron chi connectivity index (χ2n) is 5.15. The lowest BCUT2D eigenvalue weighted by atomic mass is 9.92. The minimum Gasteiger partial charge on any atom is -0.392 e. The minimum atomic E-state index is -0.0869. The third-order valence-corrected chi connectivity index (χ3v) is 3.62. The highest BCUT2D eigenvalue weighted by molar-refractivity contribution is 4.92. The summed E-state index contributed by atoms with van der Waals surface area (Å²) >= 11 is 0. The summed E-state index contributed by atoms with van der Waals surface area (Å²) in [5.74, 6) is 0. The Morgan fingerprint density at radius 1 is 1.31 bits per heavy atom. The van der Waals surface area contributed by atoms with Crippen molar-refractivity contribution in [1.29, 1.82) is 0 Å². The van der Waals surface area contributed by atoms with Gasteiger partial charge in [0.15, 0.2) is 0 Å². The molecule has 2 atom stereocenters. The molecule has 0 amide bonds. The normalized spacial score (nSPS) is 37.4. The molecule has 2 unspecified atom stereocenters. The molecule has 2 saturated carbocycles. The molecule has 0 spiro atoms. The molecule has 76 valence electrons. The Hall–Kier alpha value is -0.0800. The van der Waals surface area contributed by atoms with E-state index in [-0.39, 0.29) is 6.10 Å². The molecule has 0 aromatic carbocycles. The van der Waals surface area contributed by atoms with E-state index in [4.69, 9.17) is 0 Å². The Kier molecular flexibility index (Phi) is 2.61. The van der Waals surface area contributed by atoms with Gasteiger partial charge in [-0.25, -0.2) is 0 Å². The van der Waals surface area contributed by atoms with Crippen molar-refractivity contribution in [2.45, 2.75) is 57.6 Å². The summed E-state index contributed by atoms with van der Waals surface area (Å²) in [5, 5.41) is 13.2. The monoisotopic (exact) mass is 183 g/mol. The van der Waals surface area contributed by atoms with Crippen molar-refractivity contribution in [1.82, 2.24) is 5.32 Å². The highest BCUT2D eigenvalue weighted by Crippen LogP contribution is 2.44. The molecule has 0 saturated heterocycles. The maximum absolute atomic E-state index is 9.72. The highest BCUT2D eigenvalue weighted by Gasteiger charge is 2.37. The van der Waals surface area contributed by atoms with Gasteiger partial charge in [-0.1, -0.05) is 19.8 Å². The van der Waals surface area contributed by atoms with E-state index < -0.39 is 0 Å². The predicted molar refractivity (Wildman–Crippen MR) is 53.6 cm³/mol. The standard InChI is InChI=1S/C11H21NO/c1-11(6-7-11)8-12-9-4-2-3-5-10(9)13/h9-10,12-13H,2-8H2,1H3. The third-order valence-electron chi connectivity index (χ3n) is 3.62. The second-order valence-corrected chi connectivity index (χ2v) is 5.15. The molecule has 0 aromatic heterocycles. The van der Waals surface area contributed by atoms with Gasteiger partial charge in [0.25, 0.3) is 0 Å². The molecule has 0 bridgehead atoms. The molecular formula is C11H21NO. The summed E-state index contributed by atoms with van der Waals surface area (Å²) < 4.78 is 0. The third kappa shape index (κ3) is 2.44. The van der Waals surface area contributed by atoms with Crippen LogP contribution in [-0.4, -0.2) is 23.8 Å². The second kappa shape index (κ2) is 3.58. The van der Waals surface area contributed by atoms with Gasteiger partial charge in [-0.05, 0) is 31.1 Å². The maximum atomic E-state index is 9.72. The first-order valence-electron chi connectivity index (χ1n) is 5.61. The van der Waals surface area contributed by atoms with Crippen LogP contribution in [0.5, 0.6) is 0 Å². The molecule has 2 aliphatic rings. The van der Waals surface area contributed by atoms with Crippen LogP contribution in [-0.2, 0) is 0 Å². The van der Waals surface area contributed by atoms with Crippen LogP contribution in [0.1, 0.15) is 45.4 Å². The molecule has 0 aliphatic heterocycles. The van der Waals surface area contributed by atoms with Crippen LogP contribution in [0.2, 0.25) is 0 Å². The Morgan fingerprint density at radius 2 is 2.00 bits per heavy atom. The summed E-state index contributed by atoms with van der Waals surface area (Å²) in [5.41, 5.74) is 0.567. The Balaban J connectivity index is 1.73.